The number of nitrogens with zero attached hydrogens (tertiary/aromatic N) is 2. The van der Waals surface area contributed by atoms with Gasteiger partial charge < -0.3 is 15.4 Å². The molecule has 0 aliphatic rings. The van der Waals surface area contributed by atoms with Crippen LogP contribution >= 0.6 is 0 Å². The summed E-state index contributed by atoms with van der Waals surface area (Å²) in [5.41, 5.74) is 7.66. The lowest BCUT2D eigenvalue weighted by atomic mass is 10.1. The van der Waals surface area contributed by atoms with Gasteiger partial charge in [-0.1, -0.05) is 20.8 Å². The molecule has 0 atom stereocenters. The molecule has 0 unspecified atom stereocenters. The van der Waals surface area contributed by atoms with Crippen molar-refractivity contribution in [2.45, 2.75) is 33.6 Å². The van der Waals surface area contributed by atoms with Crippen LogP contribution in [0.5, 0.6) is 5.75 Å². The average molecular weight is 275 g/mol. The van der Waals surface area contributed by atoms with Crippen molar-refractivity contribution in [3.63, 3.8) is 0 Å². The normalized spacial score (nSPS) is 10.3. The second kappa shape index (κ2) is 8.31. The Kier molecular flexibility index (Phi) is 6.72. The van der Waals surface area contributed by atoms with Crippen molar-refractivity contribution in [2.24, 2.45) is 5.92 Å². The molecule has 4 heteroatoms. The highest BCUT2D eigenvalue weighted by Crippen LogP contribution is 2.28. The maximum Gasteiger partial charge on any atom is 0.144 e. The summed E-state index contributed by atoms with van der Waals surface area (Å²) < 4.78 is 5.67. The zero-order chi connectivity index (χ0) is 15.0. The zero-order valence-corrected chi connectivity index (χ0v) is 12.7. The minimum absolute atomic E-state index is 0.516. The van der Waals surface area contributed by atoms with E-state index in [0.717, 1.165) is 30.9 Å². The quantitative estimate of drug-likeness (QED) is 0.738. The topological polar surface area (TPSA) is 62.3 Å². The molecular weight excluding hydrogens is 250 g/mol. The molecule has 0 saturated heterocycles. The monoisotopic (exact) mass is 275 g/mol. The Labute approximate surface area is 122 Å². The third-order valence-electron chi connectivity index (χ3n) is 2.90. The molecule has 20 heavy (non-hydrogen) atoms. The van der Waals surface area contributed by atoms with E-state index in [1.807, 2.05) is 18.2 Å². The maximum absolute atomic E-state index is 8.79. The van der Waals surface area contributed by atoms with Crippen LogP contribution in [0.1, 0.15) is 33.6 Å². The van der Waals surface area contributed by atoms with Crippen molar-refractivity contribution in [3.05, 3.63) is 18.2 Å². The molecule has 0 aliphatic heterocycles. The summed E-state index contributed by atoms with van der Waals surface area (Å²) in [6.07, 6.45) is 1.47. The van der Waals surface area contributed by atoms with Gasteiger partial charge in [0.2, 0.25) is 0 Å². The van der Waals surface area contributed by atoms with Gasteiger partial charge in [0.1, 0.15) is 5.75 Å². The van der Waals surface area contributed by atoms with Crippen LogP contribution in [-0.2, 0) is 0 Å². The summed E-state index contributed by atoms with van der Waals surface area (Å²) in [4.78, 5) is 2.21. The Balaban J connectivity index is 2.91. The van der Waals surface area contributed by atoms with E-state index < -0.39 is 0 Å². The molecule has 0 radical (unpaired) electrons. The van der Waals surface area contributed by atoms with Gasteiger partial charge in [-0.3, -0.25) is 0 Å². The smallest absolute Gasteiger partial charge is 0.144 e. The average Bonchev–Trinajstić information content (AvgIpc) is 2.42. The molecule has 4 nitrogen and oxygen atoms in total. The Morgan fingerprint density at radius 1 is 1.40 bits per heavy atom. The number of nitriles is 1. The Hall–Kier alpha value is -1.89. The summed E-state index contributed by atoms with van der Waals surface area (Å²) in [6, 6.07) is 8.05. The van der Waals surface area contributed by atoms with E-state index in [2.05, 4.69) is 31.7 Å². The van der Waals surface area contributed by atoms with Crippen molar-refractivity contribution < 1.29 is 4.74 Å². The molecule has 1 aromatic rings. The highest BCUT2D eigenvalue weighted by molar-refractivity contribution is 5.62. The fraction of sp³-hybridized carbons (Fsp3) is 0.562. The highest BCUT2D eigenvalue weighted by Gasteiger charge is 2.11. The van der Waals surface area contributed by atoms with E-state index in [4.69, 9.17) is 15.7 Å². The van der Waals surface area contributed by atoms with E-state index in [1.54, 1.807) is 0 Å². The molecule has 1 rings (SSSR count). The number of hydrogen-bond donors (Lipinski definition) is 1. The molecule has 0 saturated carbocycles. The molecule has 0 aromatic heterocycles. The Bertz CT molecular complexity index is 452. The summed E-state index contributed by atoms with van der Waals surface area (Å²) in [5.74, 6) is 1.27. The predicted octanol–water partition coefficient (Wildman–Crippen LogP) is 3.43. The minimum atomic E-state index is 0.516. The van der Waals surface area contributed by atoms with Gasteiger partial charge in [0.15, 0.2) is 0 Å². The second-order valence-electron chi connectivity index (χ2n) is 5.32. The fourth-order valence-corrected chi connectivity index (χ4v) is 2.01. The molecular formula is C16H25N3O. The number of benzene rings is 1. The lowest BCUT2D eigenvalue weighted by molar-refractivity contribution is 0.319. The van der Waals surface area contributed by atoms with Crippen molar-refractivity contribution in [1.82, 2.24) is 0 Å². The molecule has 0 bridgehead atoms. The highest BCUT2D eigenvalue weighted by atomic mass is 16.5. The van der Waals surface area contributed by atoms with E-state index in [-0.39, 0.29) is 0 Å². The first-order chi connectivity index (χ1) is 9.58. The first-order valence-corrected chi connectivity index (χ1v) is 7.22. The van der Waals surface area contributed by atoms with Crippen molar-refractivity contribution in [1.29, 1.82) is 5.26 Å². The Morgan fingerprint density at radius 3 is 2.75 bits per heavy atom. The summed E-state index contributed by atoms with van der Waals surface area (Å²) in [5, 5.41) is 8.79. The number of ether oxygens (including phenoxy) is 1. The first kappa shape index (κ1) is 16.2. The molecule has 0 spiro atoms. The molecule has 0 aliphatic carbocycles. The zero-order valence-electron chi connectivity index (χ0n) is 12.7. The van der Waals surface area contributed by atoms with Gasteiger partial charge in [-0.05, 0) is 24.5 Å². The molecule has 0 amide bonds. The maximum atomic E-state index is 8.79. The molecule has 1 aromatic carbocycles. The third kappa shape index (κ3) is 5.00. The summed E-state index contributed by atoms with van der Waals surface area (Å²) >= 11 is 0. The van der Waals surface area contributed by atoms with Gasteiger partial charge in [0.05, 0.1) is 24.8 Å². The van der Waals surface area contributed by atoms with Crippen LogP contribution in [0.3, 0.4) is 0 Å². The van der Waals surface area contributed by atoms with Crippen molar-refractivity contribution in [3.8, 4) is 11.8 Å². The summed E-state index contributed by atoms with van der Waals surface area (Å²) in [6.45, 7) is 8.72. The van der Waals surface area contributed by atoms with Gasteiger partial charge in [-0.25, -0.2) is 0 Å². The molecule has 0 fully saturated rings. The number of nitrogen functional groups attached to an aromatic ring is 1. The van der Waals surface area contributed by atoms with Crippen LogP contribution in [0.4, 0.5) is 11.4 Å². The van der Waals surface area contributed by atoms with Crippen molar-refractivity contribution >= 4 is 11.4 Å². The van der Waals surface area contributed by atoms with Crippen LogP contribution in [0.15, 0.2) is 18.2 Å². The molecule has 0 heterocycles. The van der Waals surface area contributed by atoms with Gasteiger partial charge in [-0.2, -0.15) is 5.26 Å². The van der Waals surface area contributed by atoms with Gasteiger partial charge in [-0.15, -0.1) is 0 Å². The SMILES string of the molecule is CCCOc1cc(N(CCC#N)CC(C)C)ccc1N. The van der Waals surface area contributed by atoms with Gasteiger partial charge >= 0.3 is 0 Å². The number of hydrogen-bond acceptors (Lipinski definition) is 4. The fourth-order valence-electron chi connectivity index (χ4n) is 2.01. The van der Waals surface area contributed by atoms with Crippen LogP contribution in [0.2, 0.25) is 0 Å². The standard InChI is InChI=1S/C16H25N3O/c1-4-10-20-16-11-14(6-7-15(16)18)19(9-5-8-17)12-13(2)3/h6-7,11,13H,4-5,9-10,12,18H2,1-3H3. The minimum Gasteiger partial charge on any atom is -0.491 e. The number of nitrogens with two attached hydrogens (primary N) is 1. The van der Waals surface area contributed by atoms with E-state index >= 15 is 0 Å². The van der Waals surface area contributed by atoms with E-state index in [0.29, 0.717) is 24.6 Å². The lowest BCUT2D eigenvalue weighted by Gasteiger charge is -2.26. The second-order valence-corrected chi connectivity index (χ2v) is 5.32. The van der Waals surface area contributed by atoms with Crippen LogP contribution in [-0.4, -0.2) is 19.7 Å². The lowest BCUT2D eigenvalue weighted by Crippen LogP contribution is -2.28. The number of rotatable bonds is 8. The first-order valence-electron chi connectivity index (χ1n) is 7.22. The van der Waals surface area contributed by atoms with E-state index in [9.17, 15) is 0 Å². The van der Waals surface area contributed by atoms with E-state index in [1.165, 1.54) is 0 Å². The number of anilines is 2. The third-order valence-corrected chi connectivity index (χ3v) is 2.90. The van der Waals surface area contributed by atoms with Crippen molar-refractivity contribution in [2.75, 3.05) is 30.3 Å². The van der Waals surface area contributed by atoms with Gasteiger partial charge in [0, 0.05) is 24.8 Å². The predicted molar refractivity (Wildman–Crippen MR) is 83.9 cm³/mol. The van der Waals surface area contributed by atoms with Crippen LogP contribution in [0.25, 0.3) is 0 Å². The van der Waals surface area contributed by atoms with Gasteiger partial charge in [0.25, 0.3) is 0 Å². The Morgan fingerprint density at radius 2 is 2.15 bits per heavy atom. The van der Waals surface area contributed by atoms with Crippen LogP contribution in [0, 0.1) is 17.2 Å². The molecule has 110 valence electrons. The molecule has 2 N–H and O–H groups in total. The van der Waals surface area contributed by atoms with Crippen LogP contribution < -0.4 is 15.4 Å². The largest absolute Gasteiger partial charge is 0.491 e. The summed E-state index contributed by atoms with van der Waals surface area (Å²) in [7, 11) is 0.